The molecule has 0 N–H and O–H groups in total. The van der Waals surface area contributed by atoms with Gasteiger partial charge in [0, 0.05) is 24.0 Å². The van der Waals surface area contributed by atoms with E-state index in [0.29, 0.717) is 0 Å². The van der Waals surface area contributed by atoms with Crippen molar-refractivity contribution in [2.45, 2.75) is 6.42 Å². The lowest BCUT2D eigenvalue weighted by molar-refractivity contribution is -0.161. The molecule has 0 aliphatic heterocycles. The molecule has 176 valence electrons. The van der Waals surface area contributed by atoms with Crippen LogP contribution in [0.3, 0.4) is 0 Å². The summed E-state index contributed by atoms with van der Waals surface area (Å²) in [6, 6.07) is 0. The lowest BCUT2D eigenvalue weighted by atomic mass is 10.4. The van der Waals surface area contributed by atoms with Crippen LogP contribution in [0.4, 0.5) is 0 Å². The lowest BCUT2D eigenvalue weighted by Crippen LogP contribution is -2.13. The number of thioether (sulfide) groups is 2. The molecule has 12 nitrogen and oxygen atoms in total. The third kappa shape index (κ3) is 18.6. The Labute approximate surface area is 196 Å². The van der Waals surface area contributed by atoms with Gasteiger partial charge in [0.1, 0.15) is 18.3 Å². The van der Waals surface area contributed by atoms with Crippen molar-refractivity contribution in [3.05, 3.63) is 23.0 Å². The van der Waals surface area contributed by atoms with E-state index in [-0.39, 0.29) is 11.9 Å². The van der Waals surface area contributed by atoms with Gasteiger partial charge >= 0.3 is 35.8 Å². The van der Waals surface area contributed by atoms with Gasteiger partial charge in [-0.15, -0.1) is 12.8 Å². The molecule has 0 spiro atoms. The molecule has 0 heterocycles. The topological polar surface area (TPSA) is 158 Å². The van der Waals surface area contributed by atoms with E-state index in [1.807, 2.05) is 0 Å². The van der Waals surface area contributed by atoms with Crippen molar-refractivity contribution in [2.24, 2.45) is 0 Å². The number of ether oxygens (including phenoxy) is 6. The van der Waals surface area contributed by atoms with Gasteiger partial charge in [-0.3, -0.25) is 9.59 Å². The number of hydrogen-bond acceptors (Lipinski definition) is 14. The summed E-state index contributed by atoms with van der Waals surface area (Å²) in [5.74, 6) is -2.42. The molecule has 0 aliphatic rings. The average molecular weight is 500 g/mol. The molecule has 0 amide bonds. The average Bonchev–Trinajstić information content (AvgIpc) is 2.78. The number of carbonyl (C=O) groups is 6. The Bertz CT molecular complexity index is 793. The molecule has 14 heteroatoms. The molecule has 0 aromatic heterocycles. The van der Waals surface area contributed by atoms with Gasteiger partial charge in [-0.1, -0.05) is 23.5 Å². The van der Waals surface area contributed by atoms with Crippen LogP contribution in [0.2, 0.25) is 0 Å². The summed E-state index contributed by atoms with van der Waals surface area (Å²) in [4.78, 5) is 66.7. The van der Waals surface area contributed by atoms with Gasteiger partial charge in [0.25, 0.3) is 0 Å². The van der Waals surface area contributed by atoms with Crippen LogP contribution in [0.1, 0.15) is 6.42 Å². The van der Waals surface area contributed by atoms with Crippen LogP contribution in [-0.4, -0.2) is 61.3 Å². The van der Waals surface area contributed by atoms with Crippen LogP contribution in [0, 0.1) is 24.7 Å². The van der Waals surface area contributed by atoms with Gasteiger partial charge in [-0.05, 0) is 10.8 Å². The fourth-order valence-electron chi connectivity index (χ4n) is 1.17. The van der Waals surface area contributed by atoms with E-state index in [9.17, 15) is 28.8 Å². The van der Waals surface area contributed by atoms with Gasteiger partial charge in [0.05, 0.1) is 0 Å². The predicted octanol–water partition coefficient (Wildman–Crippen LogP) is 0.226. The Morgan fingerprint density at radius 2 is 1.03 bits per heavy atom. The van der Waals surface area contributed by atoms with Crippen LogP contribution < -0.4 is 0 Å². The first-order valence-electron chi connectivity index (χ1n) is 8.26. The van der Waals surface area contributed by atoms with E-state index in [1.54, 1.807) is 11.8 Å². The fourth-order valence-corrected chi connectivity index (χ4v) is 2.14. The van der Waals surface area contributed by atoms with Gasteiger partial charge in [-0.25, -0.2) is 19.2 Å². The zero-order valence-electron chi connectivity index (χ0n) is 16.7. The summed E-state index contributed by atoms with van der Waals surface area (Å²) in [6.07, 6.45) is 10.8. The zero-order chi connectivity index (χ0) is 24.9. The molecule has 0 atom stereocenters. The van der Waals surface area contributed by atoms with Crippen LogP contribution in [0.5, 0.6) is 0 Å². The molecule has 0 saturated heterocycles. The fraction of sp³-hybridized carbons (Fsp3) is 0.263. The molecule has 0 radical (unpaired) electrons. The standard InChI is InChI=1S/C19H16O12S2/c1-3-14(20)26-10-28-16(22)5-7-32-12-30-18(24)9-19(25)31-13-33-8-6-17(23)29-11-27-15(21)4-2/h1-2,5-8H,9-13H2/b7-5+,8-6+. The molecular formula is C19H16O12S2. The van der Waals surface area contributed by atoms with Crippen molar-refractivity contribution in [1.82, 2.24) is 0 Å². The van der Waals surface area contributed by atoms with Crippen LogP contribution >= 0.6 is 23.5 Å². The SMILES string of the molecule is C#CC(=O)OCOC(=O)/C=C/SCOC(=O)CC(=O)OCS/C=C/C(=O)OCOC(=O)C#C. The molecule has 0 aliphatic carbocycles. The highest BCUT2D eigenvalue weighted by Gasteiger charge is 2.11. The molecule has 0 saturated carbocycles. The largest absolute Gasteiger partial charge is 0.454 e. The highest BCUT2D eigenvalue weighted by atomic mass is 32.2. The first-order valence-corrected chi connectivity index (χ1v) is 10.4. The van der Waals surface area contributed by atoms with E-state index in [2.05, 4.69) is 18.9 Å². The monoisotopic (exact) mass is 500 g/mol. The first kappa shape index (κ1) is 29.1. The van der Waals surface area contributed by atoms with Crippen molar-refractivity contribution < 1.29 is 57.2 Å². The van der Waals surface area contributed by atoms with E-state index >= 15 is 0 Å². The van der Waals surface area contributed by atoms with Crippen LogP contribution in [-0.2, 0) is 57.2 Å². The second-order valence-corrected chi connectivity index (χ2v) is 6.38. The van der Waals surface area contributed by atoms with E-state index in [0.717, 1.165) is 35.7 Å². The maximum Gasteiger partial charge on any atom is 0.386 e. The normalized spacial score (nSPS) is 9.88. The quantitative estimate of drug-likeness (QED) is 0.0466. The molecule has 0 bridgehead atoms. The molecule has 33 heavy (non-hydrogen) atoms. The minimum atomic E-state index is -0.982. The Hall–Kier alpha value is -3.88. The Morgan fingerprint density at radius 3 is 1.39 bits per heavy atom. The lowest BCUT2D eigenvalue weighted by Gasteiger charge is -2.04. The Morgan fingerprint density at radius 1 is 0.636 bits per heavy atom. The Balaban J connectivity index is 3.82. The maximum absolute atomic E-state index is 11.5. The Kier molecular flexibility index (Phi) is 16.6. The summed E-state index contributed by atoms with van der Waals surface area (Å²) in [7, 11) is 0. The second kappa shape index (κ2) is 18.9. The van der Waals surface area contributed by atoms with Crippen molar-refractivity contribution in [3.8, 4) is 24.7 Å². The van der Waals surface area contributed by atoms with Gasteiger partial charge in [-0.2, -0.15) is 0 Å². The zero-order valence-corrected chi connectivity index (χ0v) is 18.3. The highest BCUT2D eigenvalue weighted by molar-refractivity contribution is 8.02. The minimum Gasteiger partial charge on any atom is -0.454 e. The number of carbonyl (C=O) groups excluding carboxylic acids is 6. The minimum absolute atomic E-state index is 0.196. The molecule has 0 fully saturated rings. The van der Waals surface area contributed by atoms with Crippen molar-refractivity contribution in [1.29, 1.82) is 0 Å². The summed E-state index contributed by atoms with van der Waals surface area (Å²) >= 11 is 1.81. The number of terminal acetylenes is 2. The second-order valence-electron chi connectivity index (χ2n) is 4.70. The van der Waals surface area contributed by atoms with E-state index < -0.39 is 55.8 Å². The smallest absolute Gasteiger partial charge is 0.386 e. The summed E-state index contributed by atoms with van der Waals surface area (Å²) in [5, 5.41) is 2.51. The van der Waals surface area contributed by atoms with Gasteiger partial charge < -0.3 is 28.4 Å². The molecular weight excluding hydrogens is 484 g/mol. The number of rotatable bonds is 14. The van der Waals surface area contributed by atoms with E-state index in [4.69, 9.17) is 22.3 Å². The maximum atomic E-state index is 11.5. The van der Waals surface area contributed by atoms with Crippen LogP contribution in [0.25, 0.3) is 0 Å². The number of esters is 6. The highest BCUT2D eigenvalue weighted by Crippen LogP contribution is 2.06. The third-order valence-electron chi connectivity index (χ3n) is 2.48. The van der Waals surface area contributed by atoms with Crippen molar-refractivity contribution >= 4 is 59.3 Å². The van der Waals surface area contributed by atoms with Crippen LogP contribution in [0.15, 0.2) is 23.0 Å². The third-order valence-corrected chi connectivity index (χ3v) is 3.65. The molecule has 0 unspecified atom stereocenters. The predicted molar refractivity (Wildman–Crippen MR) is 112 cm³/mol. The first-order chi connectivity index (χ1) is 15.8. The molecule has 0 aromatic carbocycles. The number of hydrogen-bond donors (Lipinski definition) is 0. The van der Waals surface area contributed by atoms with Crippen molar-refractivity contribution in [3.63, 3.8) is 0 Å². The summed E-state index contributed by atoms with van der Waals surface area (Å²) < 4.78 is 27.1. The summed E-state index contributed by atoms with van der Waals surface area (Å²) in [5.41, 5.74) is 0. The van der Waals surface area contributed by atoms with Gasteiger partial charge in [0.2, 0.25) is 13.6 Å². The van der Waals surface area contributed by atoms with Crippen molar-refractivity contribution in [2.75, 3.05) is 25.5 Å². The molecule has 0 aromatic rings. The molecule has 0 rings (SSSR count). The van der Waals surface area contributed by atoms with Gasteiger partial charge in [0.15, 0.2) is 0 Å². The van der Waals surface area contributed by atoms with E-state index in [1.165, 1.54) is 10.8 Å². The summed E-state index contributed by atoms with van der Waals surface area (Å²) in [6.45, 7) is -1.28.